The average Bonchev–Trinajstić information content (AvgIpc) is 3.06. The number of urea groups is 1. The molecule has 1 aliphatic rings. The molecule has 5 heteroatoms. The first-order chi connectivity index (χ1) is 10.7. The summed E-state index contributed by atoms with van der Waals surface area (Å²) in [4.78, 5) is 14.1. The summed E-state index contributed by atoms with van der Waals surface area (Å²) < 4.78 is 11.1. The van der Waals surface area contributed by atoms with Gasteiger partial charge >= 0.3 is 6.03 Å². The number of rotatable bonds is 3. The van der Waals surface area contributed by atoms with Gasteiger partial charge in [-0.05, 0) is 30.2 Å². The van der Waals surface area contributed by atoms with Gasteiger partial charge in [-0.3, -0.25) is 0 Å². The maximum Gasteiger partial charge on any atom is 0.317 e. The highest BCUT2D eigenvalue weighted by Crippen LogP contribution is 2.24. The molecule has 1 atom stereocenters. The van der Waals surface area contributed by atoms with Gasteiger partial charge in [-0.2, -0.15) is 0 Å². The van der Waals surface area contributed by atoms with Gasteiger partial charge in [0.15, 0.2) is 0 Å². The number of nitrogens with one attached hydrogen (secondary N) is 1. The molecule has 2 amide bonds. The minimum Gasteiger partial charge on any atom is -0.467 e. The fraction of sp³-hybridized carbons (Fsp3) is 0.353. The van der Waals surface area contributed by atoms with Gasteiger partial charge in [0.1, 0.15) is 11.9 Å². The molecule has 5 nitrogen and oxygen atoms in total. The van der Waals surface area contributed by atoms with Crippen molar-refractivity contribution in [2.75, 3.05) is 19.7 Å². The number of hydrogen-bond acceptors (Lipinski definition) is 3. The Balaban J connectivity index is 1.60. The number of nitrogens with zero attached hydrogens (tertiary/aromatic N) is 1. The second kappa shape index (κ2) is 6.66. The van der Waals surface area contributed by atoms with Gasteiger partial charge in [0.25, 0.3) is 0 Å². The van der Waals surface area contributed by atoms with Crippen LogP contribution in [-0.4, -0.2) is 30.6 Å². The van der Waals surface area contributed by atoms with Crippen LogP contribution in [0.2, 0.25) is 0 Å². The van der Waals surface area contributed by atoms with Crippen molar-refractivity contribution < 1.29 is 13.9 Å². The Labute approximate surface area is 129 Å². The van der Waals surface area contributed by atoms with Crippen LogP contribution >= 0.6 is 0 Å². The van der Waals surface area contributed by atoms with Gasteiger partial charge in [0.2, 0.25) is 0 Å². The number of carbonyl (C=O) groups is 1. The number of aryl methyl sites for hydroxylation is 1. The quantitative estimate of drug-likeness (QED) is 0.948. The summed E-state index contributed by atoms with van der Waals surface area (Å²) in [6, 6.07) is 11.7. The summed E-state index contributed by atoms with van der Waals surface area (Å²) in [7, 11) is 0. The van der Waals surface area contributed by atoms with Crippen molar-refractivity contribution in [2.24, 2.45) is 0 Å². The number of carbonyl (C=O) groups excluding carboxylic acids is 1. The highest BCUT2D eigenvalue weighted by Gasteiger charge is 2.26. The Morgan fingerprint density at radius 3 is 2.95 bits per heavy atom. The van der Waals surface area contributed by atoms with E-state index in [1.54, 1.807) is 11.2 Å². The average molecular weight is 300 g/mol. The Bertz CT molecular complexity index is 625. The van der Waals surface area contributed by atoms with E-state index < -0.39 is 0 Å². The molecule has 1 aliphatic heterocycles. The number of morpholine rings is 1. The summed E-state index contributed by atoms with van der Waals surface area (Å²) in [5.74, 6) is 0.747. The highest BCUT2D eigenvalue weighted by atomic mass is 16.5. The normalized spacial score (nSPS) is 18.2. The molecule has 2 heterocycles. The smallest absolute Gasteiger partial charge is 0.317 e. The molecule has 0 radical (unpaired) electrons. The zero-order valence-electron chi connectivity index (χ0n) is 12.6. The molecule has 0 aliphatic carbocycles. The van der Waals surface area contributed by atoms with Gasteiger partial charge in [0, 0.05) is 6.54 Å². The number of benzene rings is 1. The number of ether oxygens (including phenoxy) is 1. The standard InChI is InChI=1S/C17H20N2O3/c1-13-5-2-3-7-15(13)16-12-19(8-10-22-16)17(20)18-11-14-6-4-9-21-14/h2-7,9,16H,8,10-12H2,1H3,(H,18,20)/t16-/m1/s1. The molecule has 22 heavy (non-hydrogen) atoms. The highest BCUT2D eigenvalue weighted by molar-refractivity contribution is 5.74. The van der Waals surface area contributed by atoms with Crippen molar-refractivity contribution in [1.29, 1.82) is 0 Å². The van der Waals surface area contributed by atoms with Crippen LogP contribution in [0.3, 0.4) is 0 Å². The maximum atomic E-state index is 12.3. The maximum absolute atomic E-state index is 12.3. The molecule has 116 valence electrons. The molecule has 0 spiro atoms. The van der Waals surface area contributed by atoms with Crippen molar-refractivity contribution in [3.8, 4) is 0 Å². The molecule has 1 aromatic heterocycles. The van der Waals surface area contributed by atoms with Gasteiger partial charge in [-0.15, -0.1) is 0 Å². The third-order valence-electron chi connectivity index (χ3n) is 3.88. The summed E-state index contributed by atoms with van der Waals surface area (Å²) in [5.41, 5.74) is 2.33. The molecule has 0 bridgehead atoms. The lowest BCUT2D eigenvalue weighted by molar-refractivity contribution is -0.0158. The molecule has 0 saturated carbocycles. The predicted molar refractivity (Wildman–Crippen MR) is 82.4 cm³/mol. The minimum absolute atomic E-state index is 0.0655. The van der Waals surface area contributed by atoms with Gasteiger partial charge in [-0.1, -0.05) is 24.3 Å². The van der Waals surface area contributed by atoms with Crippen molar-refractivity contribution in [1.82, 2.24) is 10.2 Å². The third-order valence-corrected chi connectivity index (χ3v) is 3.88. The Morgan fingerprint density at radius 2 is 2.18 bits per heavy atom. The van der Waals surface area contributed by atoms with Crippen LogP contribution in [0.15, 0.2) is 47.1 Å². The van der Waals surface area contributed by atoms with E-state index in [9.17, 15) is 4.79 Å². The molecule has 0 unspecified atom stereocenters. The van der Waals surface area contributed by atoms with Crippen LogP contribution in [-0.2, 0) is 11.3 Å². The van der Waals surface area contributed by atoms with Crippen molar-refractivity contribution in [3.05, 3.63) is 59.5 Å². The predicted octanol–water partition coefficient (Wildman–Crippen LogP) is 2.87. The number of hydrogen-bond donors (Lipinski definition) is 1. The Hall–Kier alpha value is -2.27. The van der Waals surface area contributed by atoms with E-state index in [0.29, 0.717) is 26.2 Å². The van der Waals surface area contributed by atoms with Crippen LogP contribution in [0, 0.1) is 6.92 Å². The molecule has 1 saturated heterocycles. The molecular formula is C17H20N2O3. The van der Waals surface area contributed by atoms with Gasteiger partial charge in [-0.25, -0.2) is 4.79 Å². The minimum atomic E-state index is -0.0849. The zero-order valence-corrected chi connectivity index (χ0v) is 12.6. The molecule has 1 N–H and O–H groups in total. The molecular weight excluding hydrogens is 280 g/mol. The van der Waals surface area contributed by atoms with Crippen LogP contribution in [0.4, 0.5) is 4.79 Å². The first-order valence-corrected chi connectivity index (χ1v) is 7.46. The lowest BCUT2D eigenvalue weighted by Gasteiger charge is -2.33. The summed E-state index contributed by atoms with van der Waals surface area (Å²) in [6.45, 7) is 4.18. The number of amides is 2. The molecule has 2 aromatic rings. The van der Waals surface area contributed by atoms with E-state index in [2.05, 4.69) is 24.4 Å². The van der Waals surface area contributed by atoms with Crippen LogP contribution < -0.4 is 5.32 Å². The fourth-order valence-corrected chi connectivity index (χ4v) is 2.66. The van der Waals surface area contributed by atoms with E-state index in [0.717, 1.165) is 11.3 Å². The molecule has 3 rings (SSSR count). The van der Waals surface area contributed by atoms with E-state index in [1.807, 2.05) is 24.3 Å². The Kier molecular flexibility index (Phi) is 4.44. The largest absolute Gasteiger partial charge is 0.467 e. The summed E-state index contributed by atoms with van der Waals surface area (Å²) >= 11 is 0. The SMILES string of the molecule is Cc1ccccc1[C@H]1CN(C(=O)NCc2ccco2)CCO1. The van der Waals surface area contributed by atoms with Crippen LogP contribution in [0.1, 0.15) is 23.0 Å². The van der Waals surface area contributed by atoms with E-state index in [-0.39, 0.29) is 12.1 Å². The van der Waals surface area contributed by atoms with Gasteiger partial charge in [0.05, 0.1) is 26.0 Å². The Morgan fingerprint density at radius 1 is 1.32 bits per heavy atom. The summed E-state index contributed by atoms with van der Waals surface area (Å²) in [6.07, 6.45) is 1.54. The van der Waals surface area contributed by atoms with E-state index >= 15 is 0 Å². The first-order valence-electron chi connectivity index (χ1n) is 7.46. The van der Waals surface area contributed by atoms with Crippen LogP contribution in [0.5, 0.6) is 0 Å². The number of furan rings is 1. The van der Waals surface area contributed by atoms with Crippen LogP contribution in [0.25, 0.3) is 0 Å². The van der Waals surface area contributed by atoms with E-state index in [4.69, 9.17) is 9.15 Å². The van der Waals surface area contributed by atoms with Crippen molar-refractivity contribution in [2.45, 2.75) is 19.6 Å². The zero-order chi connectivity index (χ0) is 15.4. The second-order valence-corrected chi connectivity index (χ2v) is 5.40. The summed E-state index contributed by atoms with van der Waals surface area (Å²) in [5, 5.41) is 2.88. The van der Waals surface area contributed by atoms with Gasteiger partial charge < -0.3 is 19.4 Å². The van der Waals surface area contributed by atoms with E-state index in [1.165, 1.54) is 5.56 Å². The topological polar surface area (TPSA) is 54.7 Å². The monoisotopic (exact) mass is 300 g/mol. The lowest BCUT2D eigenvalue weighted by Crippen LogP contribution is -2.47. The third kappa shape index (κ3) is 3.31. The van der Waals surface area contributed by atoms with Crippen molar-refractivity contribution in [3.63, 3.8) is 0 Å². The lowest BCUT2D eigenvalue weighted by atomic mass is 10.0. The second-order valence-electron chi connectivity index (χ2n) is 5.40. The van der Waals surface area contributed by atoms with Crippen molar-refractivity contribution >= 4 is 6.03 Å². The fourth-order valence-electron chi connectivity index (χ4n) is 2.66. The molecule has 1 aromatic carbocycles. The first kappa shape index (κ1) is 14.7. The molecule has 1 fully saturated rings.